The van der Waals surface area contributed by atoms with Crippen LogP contribution in [0.2, 0.25) is 0 Å². The van der Waals surface area contributed by atoms with Gasteiger partial charge in [0.15, 0.2) is 0 Å². The van der Waals surface area contributed by atoms with Crippen molar-refractivity contribution in [2.24, 2.45) is 0 Å². The molecule has 2 nitrogen and oxygen atoms in total. The summed E-state index contributed by atoms with van der Waals surface area (Å²) >= 11 is 0. The fourth-order valence-corrected chi connectivity index (χ4v) is 1.30. The maximum atomic E-state index is 3.90. The van der Waals surface area contributed by atoms with E-state index in [0.717, 1.165) is 0 Å². The van der Waals surface area contributed by atoms with Crippen molar-refractivity contribution >= 4 is 0 Å². The molecule has 0 aliphatic rings. The van der Waals surface area contributed by atoms with Crippen LogP contribution in [0, 0.1) is 0 Å². The number of nitrogens with zero attached hydrogens (tertiary/aromatic N) is 2. The Kier molecular flexibility index (Phi) is 6.09. The predicted octanol–water partition coefficient (Wildman–Crippen LogP) is 3.75. The van der Waals surface area contributed by atoms with Gasteiger partial charge in [-0.1, -0.05) is 41.5 Å². The van der Waals surface area contributed by atoms with Gasteiger partial charge in [0.25, 0.3) is 0 Å². The number of rotatable bonds is 2. The Labute approximate surface area is 87.8 Å². The second kappa shape index (κ2) is 6.52. The van der Waals surface area contributed by atoms with Crippen LogP contribution < -0.4 is 0 Å². The van der Waals surface area contributed by atoms with Crippen LogP contribution in [0.1, 0.15) is 64.5 Å². The van der Waals surface area contributed by atoms with Gasteiger partial charge in [-0.05, 0) is 23.0 Å². The lowest BCUT2D eigenvalue weighted by Crippen LogP contribution is -2.00. The summed E-state index contributed by atoms with van der Waals surface area (Å²) in [7, 11) is 0. The van der Waals surface area contributed by atoms with E-state index in [4.69, 9.17) is 0 Å². The third-order valence-electron chi connectivity index (χ3n) is 2.04. The topological polar surface area (TPSA) is 25.8 Å². The highest BCUT2D eigenvalue weighted by atomic mass is 15.1. The van der Waals surface area contributed by atoms with Crippen LogP contribution in [0.3, 0.4) is 0 Å². The minimum Gasteiger partial charge on any atom is -0.159 e. The molecule has 0 atom stereocenters. The smallest absolute Gasteiger partial charge is 0.0533 e. The first-order valence-electron chi connectivity index (χ1n) is 5.43. The van der Waals surface area contributed by atoms with E-state index in [-0.39, 0.29) is 0 Å². The Hall–Kier alpha value is -0.920. The average Bonchev–Trinajstić information content (AvgIpc) is 2.20. The number of aromatic nitrogens is 2. The molecule has 0 fully saturated rings. The highest BCUT2D eigenvalue weighted by molar-refractivity contribution is 5.26. The predicted molar refractivity (Wildman–Crippen MR) is 61.6 cm³/mol. The molecule has 2 heteroatoms. The van der Waals surface area contributed by atoms with Crippen LogP contribution in [0.15, 0.2) is 12.4 Å². The van der Waals surface area contributed by atoms with Crippen molar-refractivity contribution in [2.75, 3.05) is 0 Å². The quantitative estimate of drug-likeness (QED) is 0.716. The van der Waals surface area contributed by atoms with E-state index in [1.807, 2.05) is 26.2 Å². The van der Waals surface area contributed by atoms with E-state index in [1.165, 1.54) is 11.1 Å². The fraction of sp³-hybridized carbons (Fsp3) is 0.667. The Balaban J connectivity index is 0.000000791. The van der Waals surface area contributed by atoms with E-state index in [0.29, 0.717) is 11.8 Å². The first-order valence-corrected chi connectivity index (χ1v) is 5.43. The number of hydrogen-bond donors (Lipinski definition) is 0. The molecule has 0 radical (unpaired) electrons. The molecule has 1 aromatic heterocycles. The SMILES string of the molecule is CC.CC(C)c1cnncc1C(C)C. The van der Waals surface area contributed by atoms with E-state index in [9.17, 15) is 0 Å². The van der Waals surface area contributed by atoms with Gasteiger partial charge in [-0.25, -0.2) is 0 Å². The molecule has 0 aliphatic heterocycles. The molecule has 0 bridgehead atoms. The molecular weight excluding hydrogens is 172 g/mol. The van der Waals surface area contributed by atoms with Crippen LogP contribution >= 0.6 is 0 Å². The zero-order valence-electron chi connectivity index (χ0n) is 10.2. The van der Waals surface area contributed by atoms with Gasteiger partial charge < -0.3 is 0 Å². The van der Waals surface area contributed by atoms with Crippen molar-refractivity contribution in [2.45, 2.75) is 53.4 Å². The first-order chi connectivity index (χ1) is 6.63. The Morgan fingerprint density at radius 2 is 1.07 bits per heavy atom. The lowest BCUT2D eigenvalue weighted by Gasteiger charge is -2.13. The highest BCUT2D eigenvalue weighted by Crippen LogP contribution is 2.23. The van der Waals surface area contributed by atoms with Crippen LogP contribution in [0.5, 0.6) is 0 Å². The van der Waals surface area contributed by atoms with E-state index >= 15 is 0 Å². The normalized spacial score (nSPS) is 10.0. The molecule has 0 spiro atoms. The van der Waals surface area contributed by atoms with Crippen LogP contribution in [-0.4, -0.2) is 10.2 Å². The Morgan fingerprint density at radius 1 is 0.786 bits per heavy atom. The van der Waals surface area contributed by atoms with Gasteiger partial charge in [-0.15, -0.1) is 0 Å². The van der Waals surface area contributed by atoms with Crippen LogP contribution in [0.4, 0.5) is 0 Å². The molecule has 1 aromatic rings. The molecule has 0 saturated heterocycles. The minimum atomic E-state index is 0.540. The highest BCUT2D eigenvalue weighted by Gasteiger charge is 2.09. The van der Waals surface area contributed by atoms with Gasteiger partial charge in [-0.2, -0.15) is 10.2 Å². The van der Waals surface area contributed by atoms with Crippen molar-refractivity contribution in [1.82, 2.24) is 10.2 Å². The van der Waals surface area contributed by atoms with Gasteiger partial charge in [-0.3, -0.25) is 0 Å². The zero-order valence-corrected chi connectivity index (χ0v) is 10.2. The van der Waals surface area contributed by atoms with Gasteiger partial charge >= 0.3 is 0 Å². The first kappa shape index (κ1) is 13.1. The molecule has 0 aromatic carbocycles. The molecule has 80 valence electrons. The summed E-state index contributed by atoms with van der Waals surface area (Å²) in [5, 5.41) is 7.80. The lowest BCUT2D eigenvalue weighted by atomic mass is 9.94. The van der Waals surface area contributed by atoms with Crippen molar-refractivity contribution in [3.63, 3.8) is 0 Å². The summed E-state index contributed by atoms with van der Waals surface area (Å²) in [6.07, 6.45) is 3.75. The molecule has 14 heavy (non-hydrogen) atoms. The summed E-state index contributed by atoms with van der Waals surface area (Å²) in [6, 6.07) is 0. The number of hydrogen-bond acceptors (Lipinski definition) is 2. The van der Waals surface area contributed by atoms with Crippen molar-refractivity contribution in [3.8, 4) is 0 Å². The standard InChI is InChI=1S/C10H16N2.C2H6/c1-7(2)9-5-11-12-6-10(9)8(3)4;1-2/h5-8H,1-4H3;1-2H3. The molecule has 1 rings (SSSR count). The molecule has 1 heterocycles. The van der Waals surface area contributed by atoms with Crippen LogP contribution in [-0.2, 0) is 0 Å². The molecular formula is C12H22N2. The summed E-state index contributed by atoms with van der Waals surface area (Å²) < 4.78 is 0. The summed E-state index contributed by atoms with van der Waals surface area (Å²) in [6.45, 7) is 12.7. The average molecular weight is 194 g/mol. The van der Waals surface area contributed by atoms with Crippen molar-refractivity contribution in [3.05, 3.63) is 23.5 Å². The Bertz CT molecular complexity index is 227. The molecule has 0 N–H and O–H groups in total. The maximum Gasteiger partial charge on any atom is 0.0533 e. The van der Waals surface area contributed by atoms with Gasteiger partial charge in [0.2, 0.25) is 0 Å². The van der Waals surface area contributed by atoms with Crippen molar-refractivity contribution in [1.29, 1.82) is 0 Å². The molecule has 0 unspecified atom stereocenters. The monoisotopic (exact) mass is 194 g/mol. The third kappa shape index (κ3) is 3.44. The second-order valence-corrected chi connectivity index (χ2v) is 3.71. The largest absolute Gasteiger partial charge is 0.159 e. The van der Waals surface area contributed by atoms with Gasteiger partial charge in [0.1, 0.15) is 0 Å². The lowest BCUT2D eigenvalue weighted by molar-refractivity contribution is 0.763. The van der Waals surface area contributed by atoms with E-state index in [1.54, 1.807) is 0 Å². The third-order valence-corrected chi connectivity index (χ3v) is 2.04. The van der Waals surface area contributed by atoms with Crippen molar-refractivity contribution < 1.29 is 0 Å². The van der Waals surface area contributed by atoms with Gasteiger partial charge in [0.05, 0.1) is 12.4 Å². The van der Waals surface area contributed by atoms with Crippen LogP contribution in [0.25, 0.3) is 0 Å². The molecule has 0 aliphatic carbocycles. The zero-order chi connectivity index (χ0) is 11.1. The molecule has 0 amide bonds. The Morgan fingerprint density at radius 3 is 1.29 bits per heavy atom. The maximum absolute atomic E-state index is 3.90. The van der Waals surface area contributed by atoms with E-state index in [2.05, 4.69) is 37.9 Å². The van der Waals surface area contributed by atoms with E-state index < -0.39 is 0 Å². The summed E-state index contributed by atoms with van der Waals surface area (Å²) in [5.41, 5.74) is 2.64. The second-order valence-electron chi connectivity index (χ2n) is 3.71. The minimum absolute atomic E-state index is 0.540. The fourth-order valence-electron chi connectivity index (χ4n) is 1.30. The summed E-state index contributed by atoms with van der Waals surface area (Å²) in [5.74, 6) is 1.08. The summed E-state index contributed by atoms with van der Waals surface area (Å²) in [4.78, 5) is 0. The van der Waals surface area contributed by atoms with Gasteiger partial charge in [0, 0.05) is 0 Å². The molecule has 0 saturated carbocycles.